The molecule has 0 aliphatic carbocycles. The number of halogens is 1. The second-order valence-electron chi connectivity index (χ2n) is 7.68. The zero-order valence-electron chi connectivity index (χ0n) is 18.3. The van der Waals surface area contributed by atoms with E-state index in [1.54, 1.807) is 49.5 Å². The summed E-state index contributed by atoms with van der Waals surface area (Å²) in [6.07, 6.45) is 1.44. The zero-order chi connectivity index (χ0) is 24.0. The third-order valence-electron chi connectivity index (χ3n) is 5.40. The van der Waals surface area contributed by atoms with Crippen molar-refractivity contribution in [3.63, 3.8) is 0 Å². The van der Waals surface area contributed by atoms with Gasteiger partial charge in [-0.25, -0.2) is 8.42 Å². The lowest BCUT2D eigenvalue weighted by atomic mass is 10.1. The highest BCUT2D eigenvalue weighted by Gasteiger charge is 2.17. The fraction of sp³-hybridized carbons (Fsp3) is 0.250. The normalized spacial score (nSPS) is 11.4. The second kappa shape index (κ2) is 10.8. The molecule has 1 aromatic heterocycles. The first-order valence-electron chi connectivity index (χ1n) is 10.4. The van der Waals surface area contributed by atoms with Crippen molar-refractivity contribution in [3.8, 4) is 0 Å². The lowest BCUT2D eigenvalue weighted by Crippen LogP contribution is -2.32. The Balaban J connectivity index is 1.70. The summed E-state index contributed by atoms with van der Waals surface area (Å²) in [6, 6.07) is 15.1. The predicted octanol–water partition coefficient (Wildman–Crippen LogP) is 2.60. The lowest BCUT2D eigenvalue weighted by Gasteiger charge is -2.13. The Labute approximate surface area is 198 Å². The van der Waals surface area contributed by atoms with Gasteiger partial charge in [0.1, 0.15) is 0 Å². The van der Waals surface area contributed by atoms with Crippen molar-refractivity contribution in [2.45, 2.75) is 37.9 Å². The molecule has 3 N–H and O–H groups in total. The highest BCUT2D eigenvalue weighted by molar-refractivity contribution is 7.91. The van der Waals surface area contributed by atoms with E-state index in [9.17, 15) is 18.0 Å². The van der Waals surface area contributed by atoms with Gasteiger partial charge in [-0.2, -0.15) is 0 Å². The average molecular weight is 488 g/mol. The Morgan fingerprint density at radius 1 is 1.09 bits per heavy atom. The van der Waals surface area contributed by atoms with Gasteiger partial charge in [-0.1, -0.05) is 35.9 Å². The number of nitrogens with one attached hydrogen (secondary N) is 1. The van der Waals surface area contributed by atoms with Crippen LogP contribution in [0.3, 0.4) is 0 Å². The number of benzene rings is 2. The third-order valence-corrected chi connectivity index (χ3v) is 7.35. The van der Waals surface area contributed by atoms with Gasteiger partial charge in [0.2, 0.25) is 5.91 Å². The van der Waals surface area contributed by atoms with E-state index in [2.05, 4.69) is 5.32 Å². The van der Waals surface area contributed by atoms with Crippen LogP contribution in [0.1, 0.15) is 22.3 Å². The highest BCUT2D eigenvalue weighted by atomic mass is 35.5. The van der Waals surface area contributed by atoms with E-state index >= 15 is 0 Å². The molecular weight excluding hydrogens is 462 g/mol. The highest BCUT2D eigenvalue weighted by Crippen LogP contribution is 2.16. The van der Waals surface area contributed by atoms with Crippen LogP contribution >= 0.6 is 11.6 Å². The van der Waals surface area contributed by atoms with Crippen LogP contribution in [0.2, 0.25) is 5.02 Å². The minimum atomic E-state index is -3.53. The number of carbonyl (C=O) groups excluding carboxylic acids is 1. The summed E-state index contributed by atoms with van der Waals surface area (Å²) in [4.78, 5) is 25.7. The van der Waals surface area contributed by atoms with Crippen molar-refractivity contribution in [2.24, 2.45) is 5.73 Å². The maximum atomic E-state index is 13.0. The van der Waals surface area contributed by atoms with E-state index in [1.165, 1.54) is 16.7 Å². The number of aryl methyl sites for hydroxylation is 2. The molecule has 7 nitrogen and oxygen atoms in total. The van der Waals surface area contributed by atoms with E-state index in [-0.39, 0.29) is 41.6 Å². The fourth-order valence-corrected chi connectivity index (χ4v) is 4.88. The Morgan fingerprint density at radius 3 is 2.52 bits per heavy atom. The molecule has 0 aliphatic rings. The molecule has 0 saturated heterocycles. The van der Waals surface area contributed by atoms with Crippen molar-refractivity contribution in [2.75, 3.05) is 5.75 Å². The molecule has 0 aliphatic heterocycles. The van der Waals surface area contributed by atoms with Gasteiger partial charge >= 0.3 is 0 Å². The molecule has 0 atom stereocenters. The maximum Gasteiger partial charge on any atom is 0.254 e. The smallest absolute Gasteiger partial charge is 0.254 e. The molecule has 0 bridgehead atoms. The van der Waals surface area contributed by atoms with Crippen LogP contribution in [0.4, 0.5) is 0 Å². The molecule has 9 heteroatoms. The standard InChI is InChI=1S/C24H26ClN3O4S/c1-17-9-10-28(11-12-33(31,32)21-5-3-2-4-6-21)24(30)22(17)14-23(29)27-16-19-13-20(25)8-7-18(19)15-26/h2-10,13H,11-12,14-16,26H2,1H3,(H,27,29). The number of amides is 1. The Morgan fingerprint density at radius 2 is 1.82 bits per heavy atom. The molecule has 0 radical (unpaired) electrons. The number of hydrogen-bond acceptors (Lipinski definition) is 5. The van der Waals surface area contributed by atoms with Gasteiger partial charge in [-0.3, -0.25) is 9.59 Å². The van der Waals surface area contributed by atoms with Gasteiger partial charge in [0, 0.05) is 36.4 Å². The molecule has 0 fully saturated rings. The number of sulfone groups is 1. The van der Waals surface area contributed by atoms with Crippen LogP contribution in [0.15, 0.2) is 70.5 Å². The van der Waals surface area contributed by atoms with Crippen molar-refractivity contribution in [3.05, 3.63) is 98.4 Å². The van der Waals surface area contributed by atoms with Crippen molar-refractivity contribution in [1.82, 2.24) is 9.88 Å². The number of nitrogens with zero attached hydrogens (tertiary/aromatic N) is 1. The molecule has 0 unspecified atom stereocenters. The minimum Gasteiger partial charge on any atom is -0.352 e. The predicted molar refractivity (Wildman–Crippen MR) is 129 cm³/mol. The van der Waals surface area contributed by atoms with Gasteiger partial charge in [0.15, 0.2) is 9.84 Å². The van der Waals surface area contributed by atoms with Crippen LogP contribution in [0.5, 0.6) is 0 Å². The topological polar surface area (TPSA) is 111 Å². The van der Waals surface area contributed by atoms with E-state index in [1.807, 2.05) is 6.07 Å². The van der Waals surface area contributed by atoms with Crippen LogP contribution in [0, 0.1) is 6.92 Å². The van der Waals surface area contributed by atoms with E-state index in [4.69, 9.17) is 17.3 Å². The summed E-state index contributed by atoms with van der Waals surface area (Å²) < 4.78 is 26.4. The first-order valence-corrected chi connectivity index (χ1v) is 12.4. The summed E-state index contributed by atoms with van der Waals surface area (Å²) in [5.74, 6) is -0.546. The summed E-state index contributed by atoms with van der Waals surface area (Å²) in [6.45, 7) is 2.30. The van der Waals surface area contributed by atoms with Crippen LogP contribution in [-0.4, -0.2) is 24.6 Å². The Hall–Kier alpha value is -2.94. The number of rotatable bonds is 9. The molecule has 2 aromatic carbocycles. The largest absolute Gasteiger partial charge is 0.352 e. The molecule has 0 spiro atoms. The quantitative estimate of drug-likeness (QED) is 0.482. The SMILES string of the molecule is Cc1ccn(CCS(=O)(=O)c2ccccc2)c(=O)c1CC(=O)NCc1cc(Cl)ccc1CN. The molecule has 1 amide bonds. The number of nitrogens with two attached hydrogens (primary N) is 1. The molecule has 3 aromatic rings. The molecule has 3 rings (SSSR count). The third kappa shape index (κ3) is 6.31. The van der Waals surface area contributed by atoms with Crippen molar-refractivity contribution >= 4 is 27.3 Å². The van der Waals surface area contributed by atoms with E-state index < -0.39 is 9.84 Å². The number of carbonyl (C=O) groups is 1. The van der Waals surface area contributed by atoms with Crippen molar-refractivity contribution in [1.29, 1.82) is 0 Å². The molecular formula is C24H26ClN3O4S. The van der Waals surface area contributed by atoms with Crippen molar-refractivity contribution < 1.29 is 13.2 Å². The summed E-state index contributed by atoms with van der Waals surface area (Å²) in [7, 11) is -3.53. The second-order valence-corrected chi connectivity index (χ2v) is 10.2. The minimum absolute atomic E-state index is 0.00661. The maximum absolute atomic E-state index is 13.0. The Bertz CT molecular complexity index is 1310. The number of hydrogen-bond donors (Lipinski definition) is 2. The van der Waals surface area contributed by atoms with Gasteiger partial charge in [0.25, 0.3) is 5.56 Å². The summed E-state index contributed by atoms with van der Waals surface area (Å²) >= 11 is 6.04. The van der Waals surface area contributed by atoms with Crippen LogP contribution < -0.4 is 16.6 Å². The molecule has 174 valence electrons. The first-order chi connectivity index (χ1) is 15.7. The fourth-order valence-electron chi connectivity index (χ4n) is 3.44. The first kappa shape index (κ1) is 24.7. The van der Waals surface area contributed by atoms with Gasteiger partial charge < -0.3 is 15.6 Å². The monoisotopic (exact) mass is 487 g/mol. The molecule has 1 heterocycles. The van der Waals surface area contributed by atoms with Gasteiger partial charge in [0.05, 0.1) is 17.1 Å². The van der Waals surface area contributed by atoms with Crippen LogP contribution in [0.25, 0.3) is 0 Å². The Kier molecular flexibility index (Phi) is 8.07. The average Bonchev–Trinajstić information content (AvgIpc) is 2.80. The van der Waals surface area contributed by atoms with E-state index in [0.717, 1.165) is 11.1 Å². The lowest BCUT2D eigenvalue weighted by molar-refractivity contribution is -0.120. The zero-order valence-corrected chi connectivity index (χ0v) is 19.8. The summed E-state index contributed by atoms with van der Waals surface area (Å²) in [5, 5.41) is 3.35. The van der Waals surface area contributed by atoms with Gasteiger partial charge in [-0.15, -0.1) is 0 Å². The molecule has 33 heavy (non-hydrogen) atoms. The van der Waals surface area contributed by atoms with Gasteiger partial charge in [-0.05, 0) is 53.9 Å². The van der Waals surface area contributed by atoms with Crippen LogP contribution in [-0.2, 0) is 40.7 Å². The summed E-state index contributed by atoms with van der Waals surface area (Å²) in [5.41, 5.74) is 8.05. The van der Waals surface area contributed by atoms with E-state index in [0.29, 0.717) is 22.7 Å². The molecule has 0 saturated carbocycles. The number of aromatic nitrogens is 1. The number of pyridine rings is 1.